The number of amidine groups is 1. The third-order valence-corrected chi connectivity index (χ3v) is 8.64. The molecule has 0 bridgehead atoms. The number of thioether (sulfide) groups is 1. The van der Waals surface area contributed by atoms with Crippen LogP contribution in [0, 0.1) is 13.8 Å². The molecule has 2 atom stereocenters. The Bertz CT molecular complexity index is 1100. The zero-order chi connectivity index (χ0) is 20.8. The van der Waals surface area contributed by atoms with Gasteiger partial charge in [0.1, 0.15) is 0 Å². The molecule has 2 aliphatic heterocycles. The molecule has 4 rings (SSSR count). The predicted octanol–water partition coefficient (Wildman–Crippen LogP) is 3.80. The monoisotopic (exact) mass is 448 g/mol. The Labute approximate surface area is 180 Å². The van der Waals surface area contributed by atoms with Crippen molar-refractivity contribution in [3.63, 3.8) is 0 Å². The number of hydrogen-bond donors (Lipinski definition) is 0. The number of aliphatic imine (C=N–C) groups is 1. The van der Waals surface area contributed by atoms with Gasteiger partial charge in [-0.2, -0.15) is 4.99 Å². The summed E-state index contributed by atoms with van der Waals surface area (Å²) in [5.41, 5.74) is 3.86. The highest BCUT2D eigenvalue weighted by Gasteiger charge is 2.49. The van der Waals surface area contributed by atoms with Crippen molar-refractivity contribution in [2.75, 3.05) is 16.4 Å². The Balaban J connectivity index is 1.67. The molecule has 0 N–H and O–H groups in total. The lowest BCUT2D eigenvalue weighted by molar-refractivity contribution is -0.117. The second-order valence-corrected chi connectivity index (χ2v) is 11.3. The topological polar surface area (TPSA) is 66.8 Å². The van der Waals surface area contributed by atoms with Gasteiger partial charge in [0.05, 0.1) is 24.0 Å². The van der Waals surface area contributed by atoms with Crippen LogP contribution in [0.4, 0.5) is 5.69 Å². The molecule has 2 aromatic carbocycles. The average Bonchev–Trinajstić information content (AvgIpc) is 3.10. The SMILES string of the molecule is Cc1ccc(C)c(N2C(=NC(=O)Cc3ccc(Cl)cc3)S[C@H]3CS(=O)(=O)C[C@H]32)c1. The summed E-state index contributed by atoms with van der Waals surface area (Å²) in [5, 5.41) is 1.10. The van der Waals surface area contributed by atoms with Gasteiger partial charge in [0, 0.05) is 16.0 Å². The van der Waals surface area contributed by atoms with Crippen LogP contribution >= 0.6 is 23.4 Å². The summed E-state index contributed by atoms with van der Waals surface area (Å²) in [6.07, 6.45) is 0.176. The Hall–Kier alpha value is -1.83. The van der Waals surface area contributed by atoms with Crippen molar-refractivity contribution in [2.24, 2.45) is 4.99 Å². The van der Waals surface area contributed by atoms with Gasteiger partial charge < -0.3 is 4.90 Å². The van der Waals surface area contributed by atoms with Gasteiger partial charge in [0.2, 0.25) is 0 Å². The normalized spacial score (nSPS) is 24.1. The molecule has 8 heteroatoms. The lowest BCUT2D eigenvalue weighted by Gasteiger charge is -2.26. The first kappa shape index (κ1) is 20.4. The third-order valence-electron chi connectivity index (χ3n) is 5.18. The Morgan fingerprint density at radius 2 is 1.90 bits per heavy atom. The molecule has 0 spiro atoms. The van der Waals surface area contributed by atoms with E-state index in [9.17, 15) is 13.2 Å². The van der Waals surface area contributed by atoms with E-state index in [2.05, 4.69) is 4.99 Å². The molecule has 0 aliphatic carbocycles. The fraction of sp³-hybridized carbons (Fsp3) is 0.333. The second kappa shape index (κ2) is 7.78. The summed E-state index contributed by atoms with van der Waals surface area (Å²) in [5.74, 6) is -0.0516. The van der Waals surface area contributed by atoms with Crippen LogP contribution in [0.1, 0.15) is 16.7 Å². The standard InChI is InChI=1S/C21H21ClN2O3S2/c1-13-3-4-14(2)17(9-13)24-18-11-29(26,27)12-19(18)28-21(24)23-20(25)10-15-5-7-16(22)8-6-15/h3-9,18-19H,10-12H2,1-2H3/t18-,19+/m1/s1. The number of aryl methyl sites for hydroxylation is 2. The number of nitrogens with zero attached hydrogens (tertiary/aromatic N) is 2. The van der Waals surface area contributed by atoms with Crippen LogP contribution in [-0.4, -0.2) is 42.3 Å². The van der Waals surface area contributed by atoms with E-state index in [0.29, 0.717) is 10.2 Å². The summed E-state index contributed by atoms with van der Waals surface area (Å²) >= 11 is 7.30. The number of halogens is 1. The number of sulfone groups is 1. The molecule has 2 fully saturated rings. The van der Waals surface area contributed by atoms with Gasteiger partial charge in [0.25, 0.3) is 5.91 Å². The van der Waals surface area contributed by atoms with E-state index >= 15 is 0 Å². The largest absolute Gasteiger partial charge is 0.315 e. The Morgan fingerprint density at radius 3 is 2.62 bits per heavy atom. The molecule has 1 amide bonds. The Morgan fingerprint density at radius 1 is 1.17 bits per heavy atom. The van der Waals surface area contributed by atoms with Crippen LogP contribution in [-0.2, 0) is 21.1 Å². The van der Waals surface area contributed by atoms with Gasteiger partial charge in [0.15, 0.2) is 15.0 Å². The van der Waals surface area contributed by atoms with E-state index < -0.39 is 9.84 Å². The molecule has 29 heavy (non-hydrogen) atoms. The zero-order valence-corrected chi connectivity index (χ0v) is 18.5. The molecule has 0 saturated carbocycles. The van der Waals surface area contributed by atoms with Crippen LogP contribution in [0.25, 0.3) is 0 Å². The van der Waals surface area contributed by atoms with E-state index in [1.54, 1.807) is 12.1 Å². The molecule has 2 aliphatic rings. The van der Waals surface area contributed by atoms with Gasteiger partial charge >= 0.3 is 0 Å². The molecule has 2 heterocycles. The van der Waals surface area contributed by atoms with Crippen molar-refractivity contribution in [3.05, 3.63) is 64.2 Å². The molecule has 0 radical (unpaired) electrons. The van der Waals surface area contributed by atoms with Crippen LogP contribution in [0.15, 0.2) is 47.5 Å². The summed E-state index contributed by atoms with van der Waals surface area (Å²) in [6.45, 7) is 3.99. The summed E-state index contributed by atoms with van der Waals surface area (Å²) in [4.78, 5) is 19.0. The minimum Gasteiger partial charge on any atom is -0.315 e. The first-order valence-corrected chi connectivity index (χ1v) is 12.4. The summed E-state index contributed by atoms with van der Waals surface area (Å²) in [7, 11) is -3.09. The lowest BCUT2D eigenvalue weighted by Crippen LogP contribution is -2.38. The van der Waals surface area contributed by atoms with Gasteiger partial charge in [-0.25, -0.2) is 8.42 Å². The van der Waals surface area contributed by atoms with Crippen molar-refractivity contribution in [2.45, 2.75) is 31.6 Å². The first-order valence-electron chi connectivity index (χ1n) is 9.31. The van der Waals surface area contributed by atoms with Crippen molar-refractivity contribution >= 4 is 50.0 Å². The molecule has 5 nitrogen and oxygen atoms in total. The predicted molar refractivity (Wildman–Crippen MR) is 120 cm³/mol. The van der Waals surface area contributed by atoms with Crippen LogP contribution in [0.3, 0.4) is 0 Å². The zero-order valence-electron chi connectivity index (χ0n) is 16.1. The Kier molecular flexibility index (Phi) is 5.48. The van der Waals surface area contributed by atoms with E-state index in [0.717, 1.165) is 22.4 Å². The molecule has 0 unspecified atom stereocenters. The minimum absolute atomic E-state index is 0.0858. The maximum atomic E-state index is 12.7. The van der Waals surface area contributed by atoms with Gasteiger partial charge in [-0.1, -0.05) is 47.6 Å². The number of amides is 1. The van der Waals surface area contributed by atoms with Gasteiger partial charge in [-0.15, -0.1) is 0 Å². The van der Waals surface area contributed by atoms with Crippen LogP contribution in [0.2, 0.25) is 5.02 Å². The fourth-order valence-electron chi connectivity index (χ4n) is 3.75. The highest BCUT2D eigenvalue weighted by Crippen LogP contribution is 2.42. The number of anilines is 1. The summed E-state index contributed by atoms with van der Waals surface area (Å²) < 4.78 is 24.4. The molecular formula is C21H21ClN2O3S2. The van der Waals surface area contributed by atoms with Crippen molar-refractivity contribution in [3.8, 4) is 0 Å². The number of carbonyl (C=O) groups is 1. The maximum Gasteiger partial charge on any atom is 0.252 e. The van der Waals surface area contributed by atoms with Gasteiger partial charge in [-0.05, 0) is 48.7 Å². The molecule has 2 aromatic rings. The highest BCUT2D eigenvalue weighted by molar-refractivity contribution is 8.16. The average molecular weight is 449 g/mol. The maximum absolute atomic E-state index is 12.7. The third kappa shape index (κ3) is 4.37. The van der Waals surface area contributed by atoms with Gasteiger partial charge in [-0.3, -0.25) is 4.79 Å². The van der Waals surface area contributed by atoms with E-state index in [4.69, 9.17) is 11.6 Å². The number of fused-ring (bicyclic) bond motifs is 1. The van der Waals surface area contributed by atoms with Crippen LogP contribution < -0.4 is 4.90 Å². The van der Waals surface area contributed by atoms with E-state index in [1.165, 1.54) is 11.8 Å². The smallest absolute Gasteiger partial charge is 0.252 e. The highest BCUT2D eigenvalue weighted by atomic mass is 35.5. The van der Waals surface area contributed by atoms with Crippen molar-refractivity contribution in [1.82, 2.24) is 0 Å². The van der Waals surface area contributed by atoms with Crippen molar-refractivity contribution in [1.29, 1.82) is 0 Å². The van der Waals surface area contributed by atoms with E-state index in [-0.39, 0.29) is 35.1 Å². The first-order chi connectivity index (χ1) is 13.7. The van der Waals surface area contributed by atoms with Crippen LogP contribution in [0.5, 0.6) is 0 Å². The minimum atomic E-state index is -3.09. The fourth-order valence-corrected chi connectivity index (χ4v) is 7.80. The molecule has 2 saturated heterocycles. The van der Waals surface area contributed by atoms with Crippen molar-refractivity contribution < 1.29 is 13.2 Å². The molecule has 152 valence electrons. The second-order valence-electron chi connectivity index (χ2n) is 7.55. The number of rotatable bonds is 3. The van der Waals surface area contributed by atoms with E-state index in [1.807, 2.05) is 49.1 Å². The molecule has 0 aromatic heterocycles. The number of carbonyl (C=O) groups excluding carboxylic acids is 1. The molecular weight excluding hydrogens is 428 g/mol. The number of benzene rings is 2. The lowest BCUT2D eigenvalue weighted by atomic mass is 10.1. The number of hydrogen-bond acceptors (Lipinski definition) is 4. The summed E-state index contributed by atoms with van der Waals surface area (Å²) in [6, 6.07) is 13.0. The quantitative estimate of drug-likeness (QED) is 0.714.